The van der Waals surface area contributed by atoms with Gasteiger partial charge in [-0.3, -0.25) is 14.5 Å². The number of rotatable bonds is 9. The minimum absolute atomic E-state index is 0.0365. The van der Waals surface area contributed by atoms with Gasteiger partial charge in [0.1, 0.15) is 12.4 Å². The van der Waals surface area contributed by atoms with Crippen LogP contribution in [0.25, 0.3) is 0 Å². The highest BCUT2D eigenvalue weighted by Crippen LogP contribution is 2.45. The fraction of sp³-hybridized carbons (Fsp3) is 0.154. The van der Waals surface area contributed by atoms with Gasteiger partial charge in [-0.1, -0.05) is 36.4 Å². The van der Waals surface area contributed by atoms with Gasteiger partial charge in [-0.25, -0.2) is 12.8 Å². The zero-order chi connectivity index (χ0) is 26.8. The molecular formula is C26H20F3NO5S2. The summed E-state index contributed by atoms with van der Waals surface area (Å²) in [6, 6.07) is 17.8. The first-order valence-electron chi connectivity index (χ1n) is 10.9. The highest BCUT2D eigenvalue weighted by Gasteiger charge is 2.39. The summed E-state index contributed by atoms with van der Waals surface area (Å²) in [5, 5.41) is -4.00. The largest absolute Gasteiger partial charge is 0.488 e. The van der Waals surface area contributed by atoms with Gasteiger partial charge < -0.3 is 4.74 Å². The summed E-state index contributed by atoms with van der Waals surface area (Å²) in [5.74, 6) is -3.08. The summed E-state index contributed by atoms with van der Waals surface area (Å²) < 4.78 is 72.9. The molecule has 37 heavy (non-hydrogen) atoms. The SMILES string of the molecule is CS(=O)(=O)c1ccc(COc2ccccc2SC(F)(F)C(F)=CCN2C(=O)c3ccccc3C2=O)cc1. The summed E-state index contributed by atoms with van der Waals surface area (Å²) in [4.78, 5) is 25.6. The number of carbonyl (C=O) groups excluding carboxylic acids is 2. The number of nitrogens with zero attached hydrogens (tertiary/aromatic N) is 1. The van der Waals surface area contributed by atoms with E-state index in [1.165, 1.54) is 42.5 Å². The lowest BCUT2D eigenvalue weighted by Crippen LogP contribution is -2.30. The van der Waals surface area contributed by atoms with E-state index in [1.54, 1.807) is 30.3 Å². The molecule has 0 saturated heterocycles. The van der Waals surface area contributed by atoms with Crippen LogP contribution in [-0.4, -0.2) is 43.2 Å². The molecule has 0 atom stereocenters. The molecule has 0 aromatic heterocycles. The number of thioether (sulfide) groups is 1. The molecule has 3 aromatic rings. The molecule has 0 bridgehead atoms. The Bertz CT molecular complexity index is 1450. The molecule has 0 spiro atoms. The number of sulfone groups is 1. The quantitative estimate of drug-likeness (QED) is 0.260. The summed E-state index contributed by atoms with van der Waals surface area (Å²) in [6.45, 7) is -0.679. The molecule has 3 aromatic carbocycles. The molecule has 192 valence electrons. The molecule has 11 heteroatoms. The Morgan fingerprint density at radius 2 is 1.51 bits per heavy atom. The van der Waals surface area contributed by atoms with Gasteiger partial charge in [0.2, 0.25) is 0 Å². The van der Waals surface area contributed by atoms with Crippen LogP contribution in [0.1, 0.15) is 26.3 Å². The van der Waals surface area contributed by atoms with Gasteiger partial charge in [-0.15, -0.1) is 0 Å². The average molecular weight is 548 g/mol. The Hall–Kier alpha value is -3.57. The number of amides is 2. The van der Waals surface area contributed by atoms with E-state index < -0.39 is 39.3 Å². The van der Waals surface area contributed by atoms with Gasteiger partial charge in [0, 0.05) is 6.26 Å². The highest BCUT2D eigenvalue weighted by atomic mass is 32.2. The van der Waals surface area contributed by atoms with Crippen LogP contribution >= 0.6 is 11.8 Å². The molecule has 1 aliphatic heterocycles. The second-order valence-electron chi connectivity index (χ2n) is 8.09. The molecule has 6 nitrogen and oxygen atoms in total. The van der Waals surface area contributed by atoms with Gasteiger partial charge in [0.15, 0.2) is 15.7 Å². The Morgan fingerprint density at radius 3 is 2.11 bits per heavy atom. The lowest BCUT2D eigenvalue weighted by atomic mass is 10.1. The van der Waals surface area contributed by atoms with Gasteiger partial charge in [-0.2, -0.15) is 8.78 Å². The normalized spacial score (nSPS) is 14.2. The van der Waals surface area contributed by atoms with E-state index in [9.17, 15) is 31.2 Å². The number of ether oxygens (including phenoxy) is 1. The third-order valence-corrected chi connectivity index (χ3v) is 7.58. The molecule has 0 saturated carbocycles. The number of fused-ring (bicyclic) bond motifs is 1. The highest BCUT2D eigenvalue weighted by molar-refractivity contribution is 8.00. The summed E-state index contributed by atoms with van der Waals surface area (Å²) >= 11 is -0.0763. The van der Waals surface area contributed by atoms with Crippen LogP contribution in [0.15, 0.2) is 94.5 Å². The van der Waals surface area contributed by atoms with Crippen molar-refractivity contribution in [3.8, 4) is 5.75 Å². The van der Waals surface area contributed by atoms with Crippen LogP contribution in [0.2, 0.25) is 0 Å². The molecule has 4 rings (SSSR count). The first-order chi connectivity index (χ1) is 17.5. The molecule has 0 N–H and O–H groups in total. The lowest BCUT2D eigenvalue weighted by Gasteiger charge is -2.18. The fourth-order valence-electron chi connectivity index (χ4n) is 3.53. The number of benzene rings is 3. The van der Waals surface area contributed by atoms with Crippen molar-refractivity contribution < 1.29 is 35.9 Å². The van der Waals surface area contributed by atoms with Crippen molar-refractivity contribution in [2.75, 3.05) is 12.8 Å². The predicted molar refractivity (Wildman–Crippen MR) is 132 cm³/mol. The molecule has 0 aliphatic carbocycles. The van der Waals surface area contributed by atoms with E-state index in [0.717, 1.165) is 6.26 Å². The van der Waals surface area contributed by atoms with Crippen LogP contribution in [0.3, 0.4) is 0 Å². The van der Waals surface area contributed by atoms with Crippen LogP contribution < -0.4 is 4.74 Å². The minimum atomic E-state index is -4.00. The van der Waals surface area contributed by atoms with Crippen molar-refractivity contribution in [1.82, 2.24) is 4.90 Å². The molecule has 0 fully saturated rings. The second kappa shape index (κ2) is 10.4. The first-order valence-corrected chi connectivity index (χ1v) is 13.6. The van der Waals surface area contributed by atoms with Crippen molar-refractivity contribution >= 4 is 33.4 Å². The van der Waals surface area contributed by atoms with Crippen LogP contribution in [0.4, 0.5) is 13.2 Å². The number of alkyl halides is 2. The number of halogens is 3. The van der Waals surface area contributed by atoms with Crippen LogP contribution in [0.5, 0.6) is 5.75 Å². The van der Waals surface area contributed by atoms with E-state index in [-0.39, 0.29) is 45.0 Å². The molecule has 0 unspecified atom stereocenters. The summed E-state index contributed by atoms with van der Waals surface area (Å²) in [5.41, 5.74) is 0.880. The Kier molecular flexibility index (Phi) is 7.47. The average Bonchev–Trinajstić information content (AvgIpc) is 3.11. The predicted octanol–water partition coefficient (Wildman–Crippen LogP) is 5.50. The van der Waals surface area contributed by atoms with Crippen LogP contribution in [0, 0.1) is 0 Å². The van der Waals surface area contributed by atoms with E-state index in [2.05, 4.69) is 0 Å². The van der Waals surface area contributed by atoms with Crippen molar-refractivity contribution in [2.45, 2.75) is 21.7 Å². The molecule has 1 aliphatic rings. The van der Waals surface area contributed by atoms with Gasteiger partial charge in [0.25, 0.3) is 11.8 Å². The number of para-hydroxylation sites is 1. The maximum absolute atomic E-state index is 14.8. The fourth-order valence-corrected chi connectivity index (χ4v) is 4.99. The zero-order valence-corrected chi connectivity index (χ0v) is 21.0. The summed E-state index contributed by atoms with van der Waals surface area (Å²) in [7, 11) is -3.36. The zero-order valence-electron chi connectivity index (χ0n) is 19.4. The number of hydrogen-bond acceptors (Lipinski definition) is 6. The standard InChI is InChI=1S/C26H20F3NO5S2/c1-37(33,34)18-12-10-17(11-13-18)16-35-21-8-4-5-9-22(21)36-26(28,29)23(27)14-15-30-24(31)19-6-2-3-7-20(19)25(30)32/h2-14H,15-16H2,1H3. The molecule has 2 amide bonds. The Balaban J connectivity index is 1.43. The number of imide groups is 1. The second-order valence-corrected chi connectivity index (χ2v) is 11.3. The number of carbonyl (C=O) groups is 2. The van der Waals surface area contributed by atoms with E-state index in [0.29, 0.717) is 16.5 Å². The van der Waals surface area contributed by atoms with Crippen molar-refractivity contribution in [3.63, 3.8) is 0 Å². The summed E-state index contributed by atoms with van der Waals surface area (Å²) in [6.07, 6.45) is 1.60. The third-order valence-electron chi connectivity index (χ3n) is 5.44. The van der Waals surface area contributed by atoms with Gasteiger partial charge in [-0.05, 0) is 59.8 Å². The Labute approximate surface area is 215 Å². The van der Waals surface area contributed by atoms with E-state index >= 15 is 0 Å². The third kappa shape index (κ3) is 5.89. The van der Waals surface area contributed by atoms with Gasteiger partial charge in [0.05, 0.1) is 27.5 Å². The van der Waals surface area contributed by atoms with Crippen molar-refractivity contribution in [1.29, 1.82) is 0 Å². The van der Waals surface area contributed by atoms with Gasteiger partial charge >= 0.3 is 5.25 Å². The maximum Gasteiger partial charge on any atom is 0.349 e. The minimum Gasteiger partial charge on any atom is -0.488 e. The first kappa shape index (κ1) is 26.5. The molecule has 0 radical (unpaired) electrons. The van der Waals surface area contributed by atoms with E-state index in [4.69, 9.17) is 4.74 Å². The van der Waals surface area contributed by atoms with Crippen molar-refractivity contribution in [2.24, 2.45) is 0 Å². The molecular weight excluding hydrogens is 527 g/mol. The number of hydrogen-bond donors (Lipinski definition) is 0. The van der Waals surface area contributed by atoms with Crippen molar-refractivity contribution in [3.05, 3.63) is 101 Å². The monoisotopic (exact) mass is 547 g/mol. The van der Waals surface area contributed by atoms with E-state index in [1.807, 2.05) is 0 Å². The topological polar surface area (TPSA) is 80.8 Å². The molecule has 1 heterocycles. The smallest absolute Gasteiger partial charge is 0.349 e. The Morgan fingerprint density at radius 1 is 0.946 bits per heavy atom. The van der Waals surface area contributed by atoms with Crippen LogP contribution in [-0.2, 0) is 16.4 Å². The lowest BCUT2D eigenvalue weighted by molar-refractivity contribution is 0.0667. The maximum atomic E-state index is 14.8.